The number of carbonyl (C=O) groups is 2. The van der Waals surface area contributed by atoms with Crippen molar-refractivity contribution >= 4 is 74.7 Å². The number of aromatic nitrogens is 3. The quantitative estimate of drug-likeness (QED) is 0.118. The Morgan fingerprint density at radius 2 is 1.58 bits per heavy atom. The monoisotopic (exact) mass is 755 g/mol. The summed E-state index contributed by atoms with van der Waals surface area (Å²) >= 11 is 13.7. The minimum absolute atomic E-state index is 0.0460. The fourth-order valence-corrected chi connectivity index (χ4v) is 6.61. The fourth-order valence-electron chi connectivity index (χ4n) is 5.91. The van der Waals surface area contributed by atoms with Crippen LogP contribution in [0.4, 0.5) is 28.7 Å². The van der Waals surface area contributed by atoms with Gasteiger partial charge >= 0.3 is 0 Å². The van der Waals surface area contributed by atoms with Gasteiger partial charge < -0.3 is 35.1 Å². The van der Waals surface area contributed by atoms with Crippen LogP contribution >= 0.6 is 23.2 Å². The number of hydrogen-bond acceptors (Lipinski definition) is 10. The number of morpholine rings is 1. The molecule has 3 aromatic carbocycles. The topological polar surface area (TPSA) is 149 Å². The highest BCUT2D eigenvalue weighted by atomic mass is 35.5. The summed E-state index contributed by atoms with van der Waals surface area (Å²) in [5.41, 5.74) is 3.31. The van der Waals surface area contributed by atoms with E-state index >= 15 is 0 Å². The van der Waals surface area contributed by atoms with Crippen LogP contribution in [-0.2, 0) is 20.9 Å². The van der Waals surface area contributed by atoms with Gasteiger partial charge in [0.05, 0.1) is 61.0 Å². The van der Waals surface area contributed by atoms with Crippen LogP contribution in [0.2, 0.25) is 10.0 Å². The standard InChI is InChI=1S/C38H35Cl2N7O6/c1-5-31(48)42-24-12-11-22(28(18-24)46-13-15-53-16-14-46)21-47-36-23(17-25(37(47)50)33-34(39)29(51-3)19-30(52-4)35(33)40)20-41-38(45-36)44-27-10-8-7-9-26(27)43-32(49)6-2/h5-12,17-20H,1-2,13-16,21H2,3-4H3,(H,42,48)(H,43,49)(H,41,44,45). The summed E-state index contributed by atoms with van der Waals surface area (Å²) in [7, 11) is 2.91. The molecule has 0 saturated carbocycles. The van der Waals surface area contributed by atoms with Crippen LogP contribution in [0.5, 0.6) is 11.5 Å². The molecule has 0 radical (unpaired) electrons. The van der Waals surface area contributed by atoms with Gasteiger partial charge in [-0.3, -0.25) is 19.0 Å². The number of rotatable bonds is 12. The maximum absolute atomic E-state index is 14.8. The fraction of sp³-hybridized carbons (Fsp3) is 0.184. The summed E-state index contributed by atoms with van der Waals surface area (Å²) in [6.45, 7) is 9.32. The van der Waals surface area contributed by atoms with Crippen LogP contribution in [0, 0.1) is 0 Å². The zero-order valence-corrected chi connectivity index (χ0v) is 30.4. The highest BCUT2D eigenvalue weighted by Gasteiger charge is 2.25. The SMILES string of the molecule is C=CC(=O)Nc1ccc(Cn2c(=O)c(-c3c(Cl)c(OC)cc(OC)c3Cl)cc3cnc(Nc4ccccc4NC(=O)C=C)nc32)c(N2CCOCC2)c1. The molecule has 1 saturated heterocycles. The predicted molar refractivity (Wildman–Crippen MR) is 208 cm³/mol. The number of anilines is 5. The molecule has 0 unspecified atom stereocenters. The van der Waals surface area contributed by atoms with Crippen LogP contribution < -0.4 is 35.9 Å². The lowest BCUT2D eigenvalue weighted by molar-refractivity contribution is -0.112. The van der Waals surface area contributed by atoms with E-state index in [1.54, 1.807) is 48.7 Å². The molecule has 1 aliphatic heterocycles. The van der Waals surface area contributed by atoms with Gasteiger partial charge in [0.15, 0.2) is 0 Å². The number of para-hydroxylation sites is 2. The molecule has 0 atom stereocenters. The van der Waals surface area contributed by atoms with E-state index in [2.05, 4.69) is 39.0 Å². The molecule has 15 heteroatoms. The van der Waals surface area contributed by atoms with Gasteiger partial charge in [-0.05, 0) is 48.0 Å². The molecule has 2 amide bonds. The first-order valence-corrected chi connectivity index (χ1v) is 17.1. The van der Waals surface area contributed by atoms with E-state index in [0.717, 1.165) is 11.3 Å². The Balaban J connectivity index is 1.56. The summed E-state index contributed by atoms with van der Waals surface area (Å²) in [5, 5.41) is 9.48. The number of halogens is 2. The van der Waals surface area contributed by atoms with Crippen molar-refractivity contribution in [3.05, 3.63) is 112 Å². The van der Waals surface area contributed by atoms with Crippen molar-refractivity contribution in [2.24, 2.45) is 0 Å². The average Bonchev–Trinajstić information content (AvgIpc) is 3.18. The Bertz CT molecular complexity index is 2280. The molecule has 5 aromatic rings. The first-order chi connectivity index (χ1) is 25.6. The summed E-state index contributed by atoms with van der Waals surface area (Å²) < 4.78 is 18.1. The molecule has 53 heavy (non-hydrogen) atoms. The van der Waals surface area contributed by atoms with Crippen molar-refractivity contribution in [1.82, 2.24) is 14.5 Å². The lowest BCUT2D eigenvalue weighted by atomic mass is 10.0. The molecular formula is C38H35Cl2N7O6. The Labute approximate surface area is 314 Å². The van der Waals surface area contributed by atoms with Crippen LogP contribution in [0.3, 0.4) is 0 Å². The number of nitrogens with zero attached hydrogens (tertiary/aromatic N) is 4. The summed E-state index contributed by atoms with van der Waals surface area (Å²) in [4.78, 5) is 50.7. The van der Waals surface area contributed by atoms with Crippen molar-refractivity contribution in [2.75, 3.05) is 61.4 Å². The van der Waals surface area contributed by atoms with E-state index in [1.807, 2.05) is 12.1 Å². The number of amides is 2. The number of hydrogen-bond donors (Lipinski definition) is 3. The number of benzene rings is 3. The Morgan fingerprint density at radius 3 is 2.25 bits per heavy atom. The largest absolute Gasteiger partial charge is 0.495 e. The van der Waals surface area contributed by atoms with E-state index in [0.29, 0.717) is 54.4 Å². The molecule has 0 aliphatic carbocycles. The minimum Gasteiger partial charge on any atom is -0.495 e. The minimum atomic E-state index is -0.461. The second-order valence-corrected chi connectivity index (χ2v) is 12.5. The molecule has 1 aliphatic rings. The maximum atomic E-state index is 14.8. The van der Waals surface area contributed by atoms with Crippen molar-refractivity contribution in [2.45, 2.75) is 6.54 Å². The smallest absolute Gasteiger partial charge is 0.260 e. The Morgan fingerprint density at radius 1 is 0.925 bits per heavy atom. The molecule has 6 rings (SSSR count). The van der Waals surface area contributed by atoms with Gasteiger partial charge in [0, 0.05) is 47.7 Å². The highest BCUT2D eigenvalue weighted by Crippen LogP contribution is 2.45. The Hall–Kier alpha value is -5.89. The first kappa shape index (κ1) is 36.9. The van der Waals surface area contributed by atoms with Crippen LogP contribution in [0.1, 0.15) is 5.56 Å². The average molecular weight is 757 g/mol. The van der Waals surface area contributed by atoms with E-state index < -0.39 is 11.5 Å². The van der Waals surface area contributed by atoms with Gasteiger partial charge in [-0.1, -0.05) is 54.6 Å². The molecular weight excluding hydrogens is 721 g/mol. The molecule has 1 fully saturated rings. The lowest BCUT2D eigenvalue weighted by Gasteiger charge is -2.31. The van der Waals surface area contributed by atoms with Crippen LogP contribution in [0.25, 0.3) is 22.2 Å². The van der Waals surface area contributed by atoms with Crippen LogP contribution in [-0.4, -0.2) is 66.9 Å². The Kier molecular flexibility index (Phi) is 11.3. The van der Waals surface area contributed by atoms with Gasteiger partial charge in [-0.2, -0.15) is 4.98 Å². The maximum Gasteiger partial charge on any atom is 0.260 e. The number of ether oxygens (including phenoxy) is 3. The first-order valence-electron chi connectivity index (χ1n) is 16.3. The molecule has 13 nitrogen and oxygen atoms in total. The van der Waals surface area contributed by atoms with Gasteiger partial charge in [0.1, 0.15) is 17.1 Å². The molecule has 2 aromatic heterocycles. The van der Waals surface area contributed by atoms with E-state index in [9.17, 15) is 14.4 Å². The van der Waals surface area contributed by atoms with Crippen molar-refractivity contribution in [1.29, 1.82) is 0 Å². The zero-order chi connectivity index (χ0) is 37.6. The van der Waals surface area contributed by atoms with E-state index in [1.165, 1.54) is 30.9 Å². The van der Waals surface area contributed by atoms with E-state index in [4.69, 9.17) is 42.4 Å². The van der Waals surface area contributed by atoms with Gasteiger partial charge in [-0.15, -0.1) is 0 Å². The summed E-state index contributed by atoms with van der Waals surface area (Å²) in [6, 6.07) is 15.7. The highest BCUT2D eigenvalue weighted by molar-refractivity contribution is 6.41. The molecule has 272 valence electrons. The predicted octanol–water partition coefficient (Wildman–Crippen LogP) is 6.66. The summed E-state index contributed by atoms with van der Waals surface area (Å²) in [6.07, 6.45) is 3.94. The third kappa shape index (κ3) is 7.82. The number of nitrogens with one attached hydrogen (secondary N) is 3. The molecule has 3 heterocycles. The molecule has 0 bridgehead atoms. The third-order valence-electron chi connectivity index (χ3n) is 8.51. The van der Waals surface area contributed by atoms with Crippen molar-refractivity contribution < 1.29 is 23.8 Å². The normalized spacial score (nSPS) is 12.6. The van der Waals surface area contributed by atoms with Crippen molar-refractivity contribution in [3.8, 4) is 22.6 Å². The van der Waals surface area contributed by atoms with Gasteiger partial charge in [0.25, 0.3) is 5.56 Å². The van der Waals surface area contributed by atoms with Gasteiger partial charge in [-0.25, -0.2) is 4.98 Å². The third-order valence-corrected chi connectivity index (χ3v) is 9.26. The molecule has 0 spiro atoms. The van der Waals surface area contributed by atoms with Gasteiger partial charge in [0.2, 0.25) is 17.8 Å². The number of methoxy groups -OCH3 is 2. The zero-order valence-electron chi connectivity index (χ0n) is 28.9. The second kappa shape index (κ2) is 16.2. The number of carbonyl (C=O) groups excluding carboxylic acids is 2. The lowest BCUT2D eigenvalue weighted by Crippen LogP contribution is -2.37. The number of pyridine rings is 1. The second-order valence-electron chi connectivity index (χ2n) is 11.7. The van der Waals surface area contributed by atoms with Crippen molar-refractivity contribution in [3.63, 3.8) is 0 Å². The summed E-state index contributed by atoms with van der Waals surface area (Å²) in [5.74, 6) is -0.0608. The number of fused-ring (bicyclic) bond motifs is 1. The molecule has 3 N–H and O–H groups in total. The van der Waals surface area contributed by atoms with Crippen LogP contribution in [0.15, 0.2) is 90.9 Å². The van der Waals surface area contributed by atoms with E-state index in [-0.39, 0.29) is 51.1 Å².